The van der Waals surface area contributed by atoms with Crippen molar-refractivity contribution in [3.8, 4) is 0 Å². The molecule has 0 aromatic rings. The van der Waals surface area contributed by atoms with E-state index in [-0.39, 0.29) is 11.2 Å². The Bertz CT molecular complexity index is 297. The number of ether oxygens (including phenoxy) is 1. The highest BCUT2D eigenvalue weighted by Gasteiger charge is 2.47. The molecule has 1 saturated carbocycles. The van der Waals surface area contributed by atoms with Gasteiger partial charge in [-0.05, 0) is 52.4 Å². The van der Waals surface area contributed by atoms with E-state index in [0.717, 1.165) is 18.3 Å². The van der Waals surface area contributed by atoms with Crippen molar-refractivity contribution in [1.82, 2.24) is 5.32 Å². The van der Waals surface area contributed by atoms with Crippen LogP contribution in [-0.2, 0) is 4.74 Å². The summed E-state index contributed by atoms with van der Waals surface area (Å²) in [5, 5.41) is 3.92. The van der Waals surface area contributed by atoms with Crippen LogP contribution < -0.4 is 5.32 Å². The third-order valence-corrected chi connectivity index (χ3v) is 5.20. The second-order valence-corrected chi connectivity index (χ2v) is 7.76. The molecule has 1 N–H and O–H groups in total. The molecule has 0 amide bonds. The Balaban J connectivity index is 2.01. The first-order valence-corrected chi connectivity index (χ1v) is 7.67. The summed E-state index contributed by atoms with van der Waals surface area (Å²) in [5.41, 5.74) is -0.0193. The molecule has 2 heteroatoms. The summed E-state index contributed by atoms with van der Waals surface area (Å²) in [6.45, 7) is 13.7. The van der Waals surface area contributed by atoms with Gasteiger partial charge in [-0.15, -0.1) is 0 Å². The molecule has 0 aromatic carbocycles. The van der Waals surface area contributed by atoms with Gasteiger partial charge in [-0.3, -0.25) is 0 Å². The molecule has 1 aliphatic carbocycles. The smallest absolute Gasteiger partial charge is 0.0787 e. The maximum absolute atomic E-state index is 6.19. The van der Waals surface area contributed by atoms with Crippen molar-refractivity contribution in [3.05, 3.63) is 0 Å². The van der Waals surface area contributed by atoms with E-state index in [4.69, 9.17) is 4.74 Å². The molecule has 4 unspecified atom stereocenters. The van der Waals surface area contributed by atoms with Crippen LogP contribution in [-0.4, -0.2) is 23.3 Å². The standard InChI is InChI=1S/C16H31NO/c1-11-8-7-9-13(12(11)2)17-14-10-15(3,4)18-16(14,5)6/h11-14,17H,7-10H2,1-6H3. The van der Waals surface area contributed by atoms with E-state index in [9.17, 15) is 0 Å². The second kappa shape index (κ2) is 4.79. The number of rotatable bonds is 2. The van der Waals surface area contributed by atoms with Crippen molar-refractivity contribution in [1.29, 1.82) is 0 Å². The molecule has 2 aliphatic rings. The van der Waals surface area contributed by atoms with Crippen molar-refractivity contribution < 1.29 is 4.74 Å². The van der Waals surface area contributed by atoms with Crippen LogP contribution in [0.2, 0.25) is 0 Å². The van der Waals surface area contributed by atoms with Gasteiger partial charge in [0, 0.05) is 12.1 Å². The van der Waals surface area contributed by atoms with E-state index < -0.39 is 0 Å². The Hall–Kier alpha value is -0.0800. The summed E-state index contributed by atoms with van der Waals surface area (Å²) in [4.78, 5) is 0. The normalized spacial score (nSPS) is 43.0. The first kappa shape index (κ1) is 14.3. The van der Waals surface area contributed by atoms with Crippen LogP contribution in [0, 0.1) is 11.8 Å². The summed E-state index contributed by atoms with van der Waals surface area (Å²) >= 11 is 0. The highest BCUT2D eigenvalue weighted by Crippen LogP contribution is 2.39. The van der Waals surface area contributed by atoms with Crippen molar-refractivity contribution in [2.75, 3.05) is 0 Å². The summed E-state index contributed by atoms with van der Waals surface area (Å²) in [6.07, 6.45) is 5.23. The van der Waals surface area contributed by atoms with Crippen molar-refractivity contribution in [2.24, 2.45) is 11.8 Å². The Kier molecular flexibility index (Phi) is 3.81. The van der Waals surface area contributed by atoms with Gasteiger partial charge in [0.15, 0.2) is 0 Å². The molecule has 0 spiro atoms. The molecule has 18 heavy (non-hydrogen) atoms. The zero-order chi connectivity index (χ0) is 13.6. The molecule has 1 heterocycles. The lowest BCUT2D eigenvalue weighted by molar-refractivity contribution is -0.0712. The quantitative estimate of drug-likeness (QED) is 0.809. The summed E-state index contributed by atoms with van der Waals surface area (Å²) < 4.78 is 6.19. The van der Waals surface area contributed by atoms with E-state index in [1.165, 1.54) is 19.3 Å². The molecule has 2 nitrogen and oxygen atoms in total. The monoisotopic (exact) mass is 253 g/mol. The van der Waals surface area contributed by atoms with Gasteiger partial charge >= 0.3 is 0 Å². The third kappa shape index (κ3) is 2.91. The summed E-state index contributed by atoms with van der Waals surface area (Å²) in [5.74, 6) is 1.65. The molecule has 2 fully saturated rings. The largest absolute Gasteiger partial charge is 0.368 e. The van der Waals surface area contributed by atoms with Crippen molar-refractivity contribution in [2.45, 2.75) is 90.5 Å². The van der Waals surface area contributed by atoms with Gasteiger partial charge in [0.1, 0.15) is 0 Å². The van der Waals surface area contributed by atoms with Gasteiger partial charge in [0.25, 0.3) is 0 Å². The predicted molar refractivity (Wildman–Crippen MR) is 76.8 cm³/mol. The molecule has 0 bridgehead atoms. The minimum absolute atomic E-state index is 0.0185. The highest BCUT2D eigenvalue weighted by molar-refractivity contribution is 5.01. The summed E-state index contributed by atoms with van der Waals surface area (Å²) in [7, 11) is 0. The van der Waals surface area contributed by atoms with Gasteiger partial charge in [-0.2, -0.15) is 0 Å². The van der Waals surface area contributed by atoms with Crippen LogP contribution in [0.5, 0.6) is 0 Å². The van der Waals surface area contributed by atoms with Crippen molar-refractivity contribution in [3.63, 3.8) is 0 Å². The topological polar surface area (TPSA) is 21.3 Å². The lowest BCUT2D eigenvalue weighted by Gasteiger charge is -2.39. The Labute approximate surface area is 113 Å². The molecule has 1 saturated heterocycles. The lowest BCUT2D eigenvalue weighted by atomic mass is 9.77. The number of nitrogens with one attached hydrogen (secondary N) is 1. The molecular formula is C16H31NO. The fourth-order valence-corrected chi connectivity index (χ4v) is 3.90. The van der Waals surface area contributed by atoms with Crippen LogP contribution >= 0.6 is 0 Å². The van der Waals surface area contributed by atoms with Gasteiger partial charge in [-0.1, -0.05) is 26.7 Å². The zero-order valence-corrected chi connectivity index (χ0v) is 13.0. The van der Waals surface area contributed by atoms with Crippen LogP contribution in [0.3, 0.4) is 0 Å². The molecule has 4 atom stereocenters. The van der Waals surface area contributed by atoms with Gasteiger partial charge < -0.3 is 10.1 Å². The van der Waals surface area contributed by atoms with Gasteiger partial charge in [-0.25, -0.2) is 0 Å². The Morgan fingerprint density at radius 2 is 1.72 bits per heavy atom. The minimum atomic E-state index is -0.0378. The first-order valence-electron chi connectivity index (χ1n) is 7.67. The van der Waals surface area contributed by atoms with E-state index in [0.29, 0.717) is 12.1 Å². The molecule has 0 aromatic heterocycles. The average Bonchev–Trinajstić information content (AvgIpc) is 2.42. The van der Waals surface area contributed by atoms with E-state index in [1.807, 2.05) is 0 Å². The maximum atomic E-state index is 6.19. The maximum Gasteiger partial charge on any atom is 0.0787 e. The van der Waals surface area contributed by atoms with Crippen molar-refractivity contribution >= 4 is 0 Å². The zero-order valence-electron chi connectivity index (χ0n) is 13.0. The summed E-state index contributed by atoms with van der Waals surface area (Å²) in [6, 6.07) is 1.17. The van der Waals surface area contributed by atoms with E-state index >= 15 is 0 Å². The fourth-order valence-electron chi connectivity index (χ4n) is 3.90. The molecular weight excluding hydrogens is 222 g/mol. The van der Waals surface area contributed by atoms with Crippen LogP contribution in [0.4, 0.5) is 0 Å². The van der Waals surface area contributed by atoms with Crippen LogP contribution in [0.15, 0.2) is 0 Å². The molecule has 0 radical (unpaired) electrons. The van der Waals surface area contributed by atoms with E-state index in [1.54, 1.807) is 0 Å². The van der Waals surface area contributed by atoms with Crippen LogP contribution in [0.25, 0.3) is 0 Å². The Morgan fingerprint density at radius 1 is 1.06 bits per heavy atom. The van der Waals surface area contributed by atoms with Gasteiger partial charge in [0.2, 0.25) is 0 Å². The number of hydrogen-bond acceptors (Lipinski definition) is 2. The highest BCUT2D eigenvalue weighted by atomic mass is 16.5. The SMILES string of the molecule is CC1CCCC(NC2CC(C)(C)OC2(C)C)C1C. The van der Waals surface area contributed by atoms with E-state index in [2.05, 4.69) is 46.9 Å². The van der Waals surface area contributed by atoms with Crippen LogP contribution in [0.1, 0.15) is 67.2 Å². The lowest BCUT2D eigenvalue weighted by Crippen LogP contribution is -2.51. The van der Waals surface area contributed by atoms with Gasteiger partial charge in [0.05, 0.1) is 11.2 Å². The first-order chi connectivity index (χ1) is 8.21. The average molecular weight is 253 g/mol. The second-order valence-electron chi connectivity index (χ2n) is 7.76. The number of hydrogen-bond donors (Lipinski definition) is 1. The molecule has 1 aliphatic heterocycles. The third-order valence-electron chi connectivity index (χ3n) is 5.20. The molecule has 2 rings (SSSR count). The fraction of sp³-hybridized carbons (Fsp3) is 1.00. The molecule has 106 valence electrons. The Morgan fingerprint density at radius 3 is 2.28 bits per heavy atom. The predicted octanol–water partition coefficient (Wildman–Crippen LogP) is 3.75. The minimum Gasteiger partial charge on any atom is -0.368 e.